The SMILES string of the molecule is CC1CN(CC2Cc3ccccc3O2)C(C)(C)CN1. The Bertz CT molecular complexity index is 433. The van der Waals surface area contributed by atoms with Crippen molar-refractivity contribution < 1.29 is 4.74 Å². The van der Waals surface area contributed by atoms with E-state index in [4.69, 9.17) is 4.74 Å². The molecule has 0 aromatic heterocycles. The van der Waals surface area contributed by atoms with E-state index in [1.807, 2.05) is 0 Å². The molecule has 2 heterocycles. The van der Waals surface area contributed by atoms with Gasteiger partial charge >= 0.3 is 0 Å². The Kier molecular flexibility index (Phi) is 3.27. The Labute approximate surface area is 115 Å². The summed E-state index contributed by atoms with van der Waals surface area (Å²) < 4.78 is 6.08. The van der Waals surface area contributed by atoms with Crippen LogP contribution in [0, 0.1) is 0 Å². The molecule has 2 aliphatic rings. The van der Waals surface area contributed by atoms with Gasteiger partial charge in [0.2, 0.25) is 0 Å². The van der Waals surface area contributed by atoms with E-state index in [1.165, 1.54) is 5.56 Å². The zero-order chi connectivity index (χ0) is 13.5. The third kappa shape index (κ3) is 2.63. The second kappa shape index (κ2) is 4.80. The number of nitrogens with one attached hydrogen (secondary N) is 1. The molecule has 1 aromatic rings. The third-order valence-electron chi connectivity index (χ3n) is 4.37. The zero-order valence-electron chi connectivity index (χ0n) is 12.1. The summed E-state index contributed by atoms with van der Waals surface area (Å²) in [6, 6.07) is 8.98. The lowest BCUT2D eigenvalue weighted by Gasteiger charge is -2.46. The van der Waals surface area contributed by atoms with Gasteiger partial charge in [0.05, 0.1) is 0 Å². The lowest BCUT2D eigenvalue weighted by Crippen LogP contribution is -2.62. The number of benzene rings is 1. The first-order valence-corrected chi connectivity index (χ1v) is 7.27. The second-order valence-electron chi connectivity index (χ2n) is 6.55. The molecule has 1 saturated heterocycles. The van der Waals surface area contributed by atoms with Crippen LogP contribution in [-0.4, -0.2) is 42.2 Å². The Morgan fingerprint density at radius 1 is 1.37 bits per heavy atom. The van der Waals surface area contributed by atoms with Crippen molar-refractivity contribution in [2.24, 2.45) is 0 Å². The van der Waals surface area contributed by atoms with Crippen molar-refractivity contribution in [1.29, 1.82) is 0 Å². The first kappa shape index (κ1) is 12.9. The van der Waals surface area contributed by atoms with E-state index in [1.54, 1.807) is 0 Å². The highest BCUT2D eigenvalue weighted by Gasteiger charge is 2.35. The Hall–Kier alpha value is -1.06. The fourth-order valence-corrected chi connectivity index (χ4v) is 3.10. The predicted octanol–water partition coefficient (Wildman–Crippen LogP) is 2.06. The minimum absolute atomic E-state index is 0.213. The summed E-state index contributed by atoms with van der Waals surface area (Å²) in [5, 5.41) is 3.56. The first-order valence-electron chi connectivity index (χ1n) is 7.27. The van der Waals surface area contributed by atoms with E-state index in [0.717, 1.165) is 31.8 Å². The maximum absolute atomic E-state index is 6.08. The van der Waals surface area contributed by atoms with Crippen LogP contribution in [-0.2, 0) is 6.42 Å². The molecule has 2 atom stereocenters. The average Bonchev–Trinajstić information content (AvgIpc) is 2.76. The van der Waals surface area contributed by atoms with E-state index in [0.29, 0.717) is 12.1 Å². The van der Waals surface area contributed by atoms with Crippen molar-refractivity contribution in [2.45, 2.75) is 44.9 Å². The van der Waals surface area contributed by atoms with Crippen molar-refractivity contribution >= 4 is 0 Å². The molecule has 2 aliphatic heterocycles. The van der Waals surface area contributed by atoms with Crippen molar-refractivity contribution in [3.63, 3.8) is 0 Å². The van der Waals surface area contributed by atoms with Crippen LogP contribution in [0.15, 0.2) is 24.3 Å². The standard InChI is InChI=1S/C16H24N2O/c1-12-9-18(16(2,3)11-17-12)10-14-8-13-6-4-5-7-15(13)19-14/h4-7,12,14,17H,8-11H2,1-3H3. The highest BCUT2D eigenvalue weighted by molar-refractivity contribution is 5.37. The number of ether oxygens (including phenoxy) is 1. The number of rotatable bonds is 2. The highest BCUT2D eigenvalue weighted by Crippen LogP contribution is 2.30. The van der Waals surface area contributed by atoms with Gasteiger partial charge in [-0.2, -0.15) is 0 Å². The van der Waals surface area contributed by atoms with Gasteiger partial charge in [-0.15, -0.1) is 0 Å². The van der Waals surface area contributed by atoms with Gasteiger partial charge in [-0.25, -0.2) is 0 Å². The maximum atomic E-state index is 6.08. The van der Waals surface area contributed by atoms with Crippen molar-refractivity contribution in [1.82, 2.24) is 10.2 Å². The summed E-state index contributed by atoms with van der Waals surface area (Å²) in [7, 11) is 0. The molecule has 1 aromatic carbocycles. The summed E-state index contributed by atoms with van der Waals surface area (Å²) in [5.74, 6) is 1.08. The Morgan fingerprint density at radius 3 is 2.95 bits per heavy atom. The molecular formula is C16H24N2O. The topological polar surface area (TPSA) is 24.5 Å². The average molecular weight is 260 g/mol. The number of piperazine rings is 1. The number of hydrogen-bond acceptors (Lipinski definition) is 3. The van der Waals surface area contributed by atoms with Crippen molar-refractivity contribution in [2.75, 3.05) is 19.6 Å². The van der Waals surface area contributed by atoms with Crippen molar-refractivity contribution in [3.8, 4) is 5.75 Å². The van der Waals surface area contributed by atoms with Crippen LogP contribution in [0.2, 0.25) is 0 Å². The van der Waals surface area contributed by atoms with Crippen LogP contribution in [0.3, 0.4) is 0 Å². The summed E-state index contributed by atoms with van der Waals surface area (Å²) in [6.07, 6.45) is 1.35. The molecule has 0 radical (unpaired) electrons. The normalized spacial score (nSPS) is 29.8. The molecule has 3 nitrogen and oxygen atoms in total. The van der Waals surface area contributed by atoms with Gasteiger partial charge in [0.25, 0.3) is 0 Å². The van der Waals surface area contributed by atoms with E-state index in [-0.39, 0.29) is 5.54 Å². The summed E-state index contributed by atoms with van der Waals surface area (Å²) in [6.45, 7) is 10.1. The molecule has 19 heavy (non-hydrogen) atoms. The van der Waals surface area contributed by atoms with Crippen LogP contribution in [0.1, 0.15) is 26.3 Å². The monoisotopic (exact) mass is 260 g/mol. The molecule has 0 spiro atoms. The van der Waals surface area contributed by atoms with Crippen LogP contribution in [0.4, 0.5) is 0 Å². The van der Waals surface area contributed by atoms with Crippen molar-refractivity contribution in [3.05, 3.63) is 29.8 Å². The van der Waals surface area contributed by atoms with Gasteiger partial charge in [-0.05, 0) is 32.4 Å². The molecule has 3 heteroatoms. The molecular weight excluding hydrogens is 236 g/mol. The fourth-order valence-electron chi connectivity index (χ4n) is 3.10. The first-order chi connectivity index (χ1) is 9.04. The molecule has 3 rings (SSSR count). The smallest absolute Gasteiger partial charge is 0.123 e. The largest absolute Gasteiger partial charge is 0.488 e. The van der Waals surface area contributed by atoms with Gasteiger partial charge < -0.3 is 10.1 Å². The molecule has 0 aliphatic carbocycles. The van der Waals surface area contributed by atoms with E-state index >= 15 is 0 Å². The lowest BCUT2D eigenvalue weighted by atomic mass is 9.96. The molecule has 0 saturated carbocycles. The third-order valence-corrected chi connectivity index (χ3v) is 4.37. The number of nitrogens with zero attached hydrogens (tertiary/aromatic N) is 1. The highest BCUT2D eigenvalue weighted by atomic mass is 16.5. The molecule has 0 bridgehead atoms. The summed E-state index contributed by atoms with van der Waals surface area (Å²) in [5.41, 5.74) is 1.57. The van der Waals surface area contributed by atoms with Crippen LogP contribution < -0.4 is 10.1 Å². The Balaban J connectivity index is 1.66. The van der Waals surface area contributed by atoms with Gasteiger partial charge in [0.15, 0.2) is 0 Å². The number of para-hydroxylation sites is 1. The summed E-state index contributed by atoms with van der Waals surface area (Å²) >= 11 is 0. The molecule has 0 amide bonds. The molecule has 104 valence electrons. The summed E-state index contributed by atoms with van der Waals surface area (Å²) in [4.78, 5) is 2.57. The maximum Gasteiger partial charge on any atom is 0.123 e. The fraction of sp³-hybridized carbons (Fsp3) is 0.625. The second-order valence-corrected chi connectivity index (χ2v) is 6.55. The van der Waals surface area contributed by atoms with Crippen LogP contribution in [0.5, 0.6) is 5.75 Å². The van der Waals surface area contributed by atoms with E-state index < -0.39 is 0 Å². The predicted molar refractivity (Wildman–Crippen MR) is 77.7 cm³/mol. The van der Waals surface area contributed by atoms with Gasteiger partial charge in [-0.1, -0.05) is 18.2 Å². The van der Waals surface area contributed by atoms with Gasteiger partial charge in [0.1, 0.15) is 11.9 Å². The van der Waals surface area contributed by atoms with Crippen LogP contribution in [0.25, 0.3) is 0 Å². The quantitative estimate of drug-likeness (QED) is 0.881. The molecule has 2 unspecified atom stereocenters. The molecule has 1 N–H and O–H groups in total. The Morgan fingerprint density at radius 2 is 2.16 bits per heavy atom. The number of hydrogen-bond donors (Lipinski definition) is 1. The zero-order valence-corrected chi connectivity index (χ0v) is 12.1. The lowest BCUT2D eigenvalue weighted by molar-refractivity contribution is 0.0360. The number of fused-ring (bicyclic) bond motifs is 1. The van der Waals surface area contributed by atoms with Gasteiger partial charge in [0, 0.05) is 37.6 Å². The molecule has 1 fully saturated rings. The van der Waals surface area contributed by atoms with Gasteiger partial charge in [-0.3, -0.25) is 4.90 Å². The van der Waals surface area contributed by atoms with Crippen LogP contribution >= 0.6 is 0 Å². The minimum atomic E-state index is 0.213. The minimum Gasteiger partial charge on any atom is -0.488 e. The van der Waals surface area contributed by atoms with E-state index in [2.05, 4.69) is 55.3 Å². The van der Waals surface area contributed by atoms with E-state index in [9.17, 15) is 0 Å².